The van der Waals surface area contributed by atoms with E-state index in [-0.39, 0.29) is 18.1 Å². The molecular formula is C25H28F2N2O3. The van der Waals surface area contributed by atoms with E-state index in [9.17, 15) is 18.4 Å². The molecule has 0 bridgehead atoms. The van der Waals surface area contributed by atoms with Crippen molar-refractivity contribution in [3.05, 3.63) is 71.3 Å². The van der Waals surface area contributed by atoms with E-state index < -0.39 is 35.6 Å². The molecule has 2 aliphatic heterocycles. The summed E-state index contributed by atoms with van der Waals surface area (Å²) in [5, 5.41) is 0. The average Bonchev–Trinajstić information content (AvgIpc) is 3.33. The van der Waals surface area contributed by atoms with Crippen molar-refractivity contribution in [3.63, 3.8) is 0 Å². The lowest BCUT2D eigenvalue weighted by Gasteiger charge is -2.32. The molecule has 2 aromatic rings. The van der Waals surface area contributed by atoms with Gasteiger partial charge in [0.25, 0.3) is 0 Å². The van der Waals surface area contributed by atoms with Crippen molar-refractivity contribution in [1.29, 1.82) is 0 Å². The Morgan fingerprint density at radius 1 is 1.09 bits per heavy atom. The normalized spacial score (nSPS) is 24.1. The van der Waals surface area contributed by atoms with Gasteiger partial charge in [-0.1, -0.05) is 36.4 Å². The molecule has 0 aromatic heterocycles. The topological polar surface area (TPSA) is 49.9 Å². The van der Waals surface area contributed by atoms with Crippen molar-refractivity contribution < 1.29 is 23.1 Å². The van der Waals surface area contributed by atoms with E-state index in [0.29, 0.717) is 25.1 Å². The van der Waals surface area contributed by atoms with Crippen LogP contribution in [0.4, 0.5) is 13.6 Å². The van der Waals surface area contributed by atoms with Crippen LogP contribution in [-0.4, -0.2) is 53.1 Å². The van der Waals surface area contributed by atoms with Crippen LogP contribution in [0.3, 0.4) is 0 Å². The Hall–Kier alpha value is -2.80. The minimum Gasteiger partial charge on any atom is -0.447 e. The number of rotatable bonds is 4. The quantitative estimate of drug-likeness (QED) is 0.706. The van der Waals surface area contributed by atoms with Crippen LogP contribution in [0.15, 0.2) is 48.5 Å². The second kappa shape index (κ2) is 8.62. The molecule has 170 valence electrons. The number of carbonyl (C=O) groups excluding carboxylic acids is 2. The molecule has 32 heavy (non-hydrogen) atoms. The van der Waals surface area contributed by atoms with Gasteiger partial charge in [0.15, 0.2) is 0 Å². The molecule has 7 heteroatoms. The van der Waals surface area contributed by atoms with Crippen LogP contribution in [0, 0.1) is 17.6 Å². The first-order valence-corrected chi connectivity index (χ1v) is 10.9. The summed E-state index contributed by atoms with van der Waals surface area (Å²) in [5.74, 6) is -2.83. The highest BCUT2D eigenvalue weighted by Crippen LogP contribution is 2.39. The van der Waals surface area contributed by atoms with Crippen molar-refractivity contribution in [1.82, 2.24) is 9.80 Å². The average molecular weight is 443 g/mol. The van der Waals surface area contributed by atoms with Gasteiger partial charge in [-0.15, -0.1) is 0 Å². The number of hydrogen-bond donors (Lipinski definition) is 0. The lowest BCUT2D eigenvalue weighted by atomic mass is 9.87. The number of nitrogens with zero attached hydrogens (tertiary/aromatic N) is 2. The number of carbonyl (C=O) groups is 2. The van der Waals surface area contributed by atoms with E-state index in [4.69, 9.17) is 4.74 Å². The predicted octanol–water partition coefficient (Wildman–Crippen LogP) is 4.37. The van der Waals surface area contributed by atoms with Gasteiger partial charge in [0.1, 0.15) is 18.2 Å². The summed E-state index contributed by atoms with van der Waals surface area (Å²) < 4.78 is 33.5. The third-order valence-corrected chi connectivity index (χ3v) is 6.46. The van der Waals surface area contributed by atoms with Gasteiger partial charge in [-0.05, 0) is 44.4 Å². The van der Waals surface area contributed by atoms with Gasteiger partial charge in [-0.2, -0.15) is 0 Å². The highest BCUT2D eigenvalue weighted by molar-refractivity contribution is 5.95. The number of likely N-dealkylation sites (tertiary alicyclic amines) is 1. The van der Waals surface area contributed by atoms with E-state index in [1.807, 2.05) is 51.1 Å². The number of halogens is 2. The largest absolute Gasteiger partial charge is 0.447 e. The maximum Gasteiger partial charge on any atom is 0.416 e. The van der Waals surface area contributed by atoms with E-state index in [2.05, 4.69) is 4.90 Å². The predicted molar refractivity (Wildman–Crippen MR) is 116 cm³/mol. The van der Waals surface area contributed by atoms with Gasteiger partial charge < -0.3 is 4.74 Å². The van der Waals surface area contributed by atoms with E-state index in [1.54, 1.807) is 0 Å². The maximum absolute atomic E-state index is 14.7. The minimum atomic E-state index is -0.673. The van der Waals surface area contributed by atoms with Gasteiger partial charge >= 0.3 is 6.09 Å². The summed E-state index contributed by atoms with van der Waals surface area (Å²) in [7, 11) is 0. The fourth-order valence-electron chi connectivity index (χ4n) is 4.66. The molecule has 2 fully saturated rings. The number of imide groups is 1. The highest BCUT2D eigenvalue weighted by Gasteiger charge is 2.48. The van der Waals surface area contributed by atoms with Crippen molar-refractivity contribution >= 4 is 12.0 Å². The molecular weight excluding hydrogens is 414 g/mol. The molecule has 0 N–H and O–H groups in total. The third kappa shape index (κ3) is 4.39. The van der Waals surface area contributed by atoms with Crippen LogP contribution >= 0.6 is 0 Å². The molecule has 0 spiro atoms. The first kappa shape index (κ1) is 22.4. The molecule has 0 saturated carbocycles. The Kier molecular flexibility index (Phi) is 6.03. The zero-order valence-corrected chi connectivity index (χ0v) is 18.6. The second-order valence-corrected chi connectivity index (χ2v) is 9.58. The van der Waals surface area contributed by atoms with Crippen LogP contribution in [-0.2, 0) is 16.0 Å². The van der Waals surface area contributed by atoms with Gasteiger partial charge in [-0.3, -0.25) is 9.69 Å². The molecule has 3 atom stereocenters. The summed E-state index contributed by atoms with van der Waals surface area (Å²) in [6, 6.07) is 12.7. The van der Waals surface area contributed by atoms with Crippen LogP contribution in [0.2, 0.25) is 0 Å². The number of amides is 2. The molecule has 4 rings (SSSR count). The molecule has 0 aliphatic carbocycles. The lowest BCUT2D eigenvalue weighted by Crippen LogP contribution is -2.46. The molecule has 5 nitrogen and oxygen atoms in total. The first-order valence-electron chi connectivity index (χ1n) is 10.9. The van der Waals surface area contributed by atoms with Crippen LogP contribution < -0.4 is 0 Å². The fourth-order valence-corrected chi connectivity index (χ4v) is 4.66. The fraction of sp³-hybridized carbons (Fsp3) is 0.440. The number of hydrogen-bond acceptors (Lipinski definition) is 4. The number of cyclic esters (lactones) is 1. The Balaban J connectivity index is 1.64. The summed E-state index contributed by atoms with van der Waals surface area (Å²) >= 11 is 0. The van der Waals surface area contributed by atoms with Gasteiger partial charge in [0.2, 0.25) is 5.91 Å². The monoisotopic (exact) mass is 442 g/mol. The van der Waals surface area contributed by atoms with Crippen LogP contribution in [0.1, 0.15) is 37.8 Å². The van der Waals surface area contributed by atoms with E-state index >= 15 is 0 Å². The number of ether oxygens (including phenoxy) is 1. The van der Waals surface area contributed by atoms with Gasteiger partial charge in [0, 0.05) is 30.6 Å². The SMILES string of the molecule is CC(C)(C)N1CC(C(=O)N2C(=O)OC[C@@H]2Cc2ccccc2)[C@H](c2ccc(F)cc2F)C1. The Bertz CT molecular complexity index is 1010. The van der Waals surface area contributed by atoms with E-state index in [0.717, 1.165) is 11.6 Å². The number of benzene rings is 2. The smallest absolute Gasteiger partial charge is 0.416 e. The molecule has 2 heterocycles. The zero-order valence-electron chi connectivity index (χ0n) is 18.6. The third-order valence-electron chi connectivity index (χ3n) is 6.46. The van der Waals surface area contributed by atoms with Gasteiger partial charge in [0.05, 0.1) is 12.0 Å². The molecule has 2 aliphatic rings. The standard InChI is InChI=1S/C25H28F2N2O3/c1-25(2,3)28-13-20(19-10-9-17(26)12-22(19)27)21(14-28)23(30)29-18(15-32-24(29)31)11-16-7-5-4-6-8-16/h4-10,12,18,20-21H,11,13-15H2,1-3H3/t18-,20-,21?/m0/s1. The Morgan fingerprint density at radius 3 is 2.47 bits per heavy atom. The summed E-state index contributed by atoms with van der Waals surface area (Å²) in [6.45, 7) is 7.03. The second-order valence-electron chi connectivity index (χ2n) is 9.58. The lowest BCUT2D eigenvalue weighted by molar-refractivity contribution is -0.133. The molecule has 2 aromatic carbocycles. The summed E-state index contributed by atoms with van der Waals surface area (Å²) in [6.07, 6.45) is -0.174. The summed E-state index contributed by atoms with van der Waals surface area (Å²) in [4.78, 5) is 29.6. The maximum atomic E-state index is 14.7. The molecule has 0 radical (unpaired) electrons. The molecule has 2 amide bonds. The molecule has 1 unspecified atom stereocenters. The summed E-state index contributed by atoms with van der Waals surface area (Å²) in [5.41, 5.74) is 1.04. The Labute approximate surface area is 187 Å². The van der Waals surface area contributed by atoms with Crippen LogP contribution in [0.5, 0.6) is 0 Å². The highest BCUT2D eigenvalue weighted by atomic mass is 19.1. The van der Waals surface area contributed by atoms with Gasteiger partial charge in [-0.25, -0.2) is 18.5 Å². The van der Waals surface area contributed by atoms with Crippen molar-refractivity contribution in [2.45, 2.75) is 44.7 Å². The minimum absolute atomic E-state index is 0.130. The first-order chi connectivity index (χ1) is 15.1. The molecule has 2 saturated heterocycles. The zero-order chi connectivity index (χ0) is 23.0. The van der Waals surface area contributed by atoms with Crippen molar-refractivity contribution in [3.8, 4) is 0 Å². The Morgan fingerprint density at radius 2 is 1.81 bits per heavy atom. The van der Waals surface area contributed by atoms with E-state index in [1.165, 1.54) is 17.0 Å². The van der Waals surface area contributed by atoms with Crippen LogP contribution in [0.25, 0.3) is 0 Å². The van der Waals surface area contributed by atoms with Crippen molar-refractivity contribution in [2.24, 2.45) is 5.92 Å². The van der Waals surface area contributed by atoms with Crippen molar-refractivity contribution in [2.75, 3.05) is 19.7 Å².